The summed E-state index contributed by atoms with van der Waals surface area (Å²) in [5.41, 5.74) is -0.244. The van der Waals surface area contributed by atoms with E-state index in [0.717, 1.165) is 19.3 Å². The SMILES string of the molecule is CN=C1C(=O)OC2(CCCCC2)OC1=O. The van der Waals surface area contributed by atoms with E-state index in [4.69, 9.17) is 9.47 Å². The molecular weight excluding hydrogens is 198 g/mol. The predicted molar refractivity (Wildman–Crippen MR) is 51.4 cm³/mol. The third kappa shape index (κ3) is 1.73. The highest BCUT2D eigenvalue weighted by Gasteiger charge is 2.47. The van der Waals surface area contributed by atoms with Gasteiger partial charge in [0.1, 0.15) is 0 Å². The van der Waals surface area contributed by atoms with Crippen molar-refractivity contribution in [3.63, 3.8) is 0 Å². The normalized spacial score (nSPS) is 24.7. The lowest BCUT2D eigenvalue weighted by molar-refractivity contribution is -0.237. The molecule has 1 saturated carbocycles. The van der Waals surface area contributed by atoms with Crippen molar-refractivity contribution < 1.29 is 19.1 Å². The van der Waals surface area contributed by atoms with E-state index in [1.165, 1.54) is 7.05 Å². The topological polar surface area (TPSA) is 65.0 Å². The Bertz CT molecular complexity index is 306. The van der Waals surface area contributed by atoms with Crippen molar-refractivity contribution in [3.8, 4) is 0 Å². The zero-order valence-electron chi connectivity index (χ0n) is 8.62. The van der Waals surface area contributed by atoms with Gasteiger partial charge in [-0.15, -0.1) is 0 Å². The van der Waals surface area contributed by atoms with Crippen LogP contribution in [0.25, 0.3) is 0 Å². The van der Waals surface area contributed by atoms with E-state index in [2.05, 4.69) is 4.99 Å². The van der Waals surface area contributed by atoms with Gasteiger partial charge in [-0.2, -0.15) is 0 Å². The molecule has 2 aliphatic rings. The Morgan fingerprint density at radius 3 is 2.07 bits per heavy atom. The van der Waals surface area contributed by atoms with Crippen molar-refractivity contribution in [2.75, 3.05) is 7.05 Å². The second-order valence-corrected chi connectivity index (χ2v) is 3.82. The highest BCUT2D eigenvalue weighted by Crippen LogP contribution is 2.35. The fourth-order valence-corrected chi connectivity index (χ4v) is 2.02. The molecule has 1 heterocycles. The lowest BCUT2D eigenvalue weighted by Crippen LogP contribution is -2.51. The van der Waals surface area contributed by atoms with E-state index < -0.39 is 17.7 Å². The summed E-state index contributed by atoms with van der Waals surface area (Å²) in [6, 6.07) is 0. The summed E-state index contributed by atoms with van der Waals surface area (Å²) >= 11 is 0. The molecule has 2 fully saturated rings. The van der Waals surface area contributed by atoms with Crippen molar-refractivity contribution in [1.29, 1.82) is 0 Å². The molecule has 1 saturated heterocycles. The zero-order valence-corrected chi connectivity index (χ0v) is 8.62. The maximum absolute atomic E-state index is 11.5. The summed E-state index contributed by atoms with van der Waals surface area (Å²) in [5, 5.41) is 0. The largest absolute Gasteiger partial charge is 0.418 e. The number of aliphatic imine (C=N–C) groups is 1. The molecular formula is C10H13NO4. The molecule has 0 atom stereocenters. The quantitative estimate of drug-likeness (QED) is 0.556. The lowest BCUT2D eigenvalue weighted by Gasteiger charge is -2.38. The van der Waals surface area contributed by atoms with E-state index in [-0.39, 0.29) is 5.71 Å². The second-order valence-electron chi connectivity index (χ2n) is 3.82. The second kappa shape index (κ2) is 3.64. The van der Waals surface area contributed by atoms with Crippen LogP contribution in [0.4, 0.5) is 0 Å². The van der Waals surface area contributed by atoms with Crippen LogP contribution < -0.4 is 0 Å². The molecule has 5 nitrogen and oxygen atoms in total. The fraction of sp³-hybridized carbons (Fsp3) is 0.700. The van der Waals surface area contributed by atoms with Gasteiger partial charge in [-0.25, -0.2) is 9.59 Å². The predicted octanol–water partition coefficient (Wildman–Crippen LogP) is 0.818. The van der Waals surface area contributed by atoms with Gasteiger partial charge in [0.25, 0.3) is 5.79 Å². The number of carbonyl (C=O) groups excluding carboxylic acids is 2. The van der Waals surface area contributed by atoms with Crippen LogP contribution in [-0.4, -0.2) is 30.5 Å². The van der Waals surface area contributed by atoms with E-state index >= 15 is 0 Å². The van der Waals surface area contributed by atoms with Crippen LogP contribution in [0.3, 0.4) is 0 Å². The highest BCUT2D eigenvalue weighted by atomic mass is 16.7. The van der Waals surface area contributed by atoms with Crippen molar-refractivity contribution >= 4 is 17.7 Å². The molecule has 5 heteroatoms. The third-order valence-corrected chi connectivity index (χ3v) is 2.78. The van der Waals surface area contributed by atoms with E-state index in [9.17, 15) is 9.59 Å². The number of carbonyl (C=O) groups is 2. The van der Waals surface area contributed by atoms with Gasteiger partial charge in [-0.1, -0.05) is 6.42 Å². The summed E-state index contributed by atoms with van der Waals surface area (Å²) in [6.07, 6.45) is 4.12. The molecule has 0 aromatic rings. The first kappa shape index (κ1) is 10.1. The van der Waals surface area contributed by atoms with Gasteiger partial charge < -0.3 is 9.47 Å². The molecule has 0 N–H and O–H groups in total. The van der Waals surface area contributed by atoms with Gasteiger partial charge in [-0.3, -0.25) is 4.99 Å². The molecule has 0 unspecified atom stereocenters. The summed E-state index contributed by atoms with van der Waals surface area (Å²) in [6.45, 7) is 0. The van der Waals surface area contributed by atoms with Gasteiger partial charge in [0.05, 0.1) is 0 Å². The Kier molecular flexibility index (Phi) is 2.46. The summed E-state index contributed by atoms with van der Waals surface area (Å²) in [7, 11) is 1.37. The molecule has 1 spiro atoms. The van der Waals surface area contributed by atoms with Crippen LogP contribution in [0, 0.1) is 0 Å². The minimum atomic E-state index is -0.999. The van der Waals surface area contributed by atoms with Gasteiger partial charge in [0, 0.05) is 19.9 Å². The Labute approximate surface area is 87.5 Å². The maximum atomic E-state index is 11.5. The maximum Gasteiger partial charge on any atom is 0.367 e. The highest BCUT2D eigenvalue weighted by molar-refractivity contribution is 6.63. The average molecular weight is 211 g/mol. The smallest absolute Gasteiger partial charge is 0.367 e. The molecule has 0 radical (unpaired) electrons. The molecule has 0 aromatic carbocycles. The van der Waals surface area contributed by atoms with Gasteiger partial charge >= 0.3 is 11.9 Å². The number of ether oxygens (including phenoxy) is 2. The Hall–Kier alpha value is -1.39. The monoisotopic (exact) mass is 211 g/mol. The molecule has 82 valence electrons. The van der Waals surface area contributed by atoms with E-state index in [1.54, 1.807) is 0 Å². The molecule has 0 amide bonds. The molecule has 2 rings (SSSR count). The minimum absolute atomic E-state index is 0.244. The lowest BCUT2D eigenvalue weighted by atomic mass is 9.93. The summed E-state index contributed by atoms with van der Waals surface area (Å²) < 4.78 is 10.4. The third-order valence-electron chi connectivity index (χ3n) is 2.78. The van der Waals surface area contributed by atoms with Crippen LogP contribution in [-0.2, 0) is 19.1 Å². The van der Waals surface area contributed by atoms with Crippen molar-refractivity contribution in [2.45, 2.75) is 37.9 Å². The van der Waals surface area contributed by atoms with Gasteiger partial charge in [0.15, 0.2) is 0 Å². The summed E-state index contributed by atoms with van der Waals surface area (Å²) in [4.78, 5) is 26.5. The van der Waals surface area contributed by atoms with Crippen LogP contribution >= 0.6 is 0 Å². The molecule has 1 aliphatic carbocycles. The summed E-state index contributed by atoms with van der Waals surface area (Å²) in [5.74, 6) is -2.31. The first-order valence-corrected chi connectivity index (χ1v) is 5.10. The van der Waals surface area contributed by atoms with Crippen LogP contribution in [0.2, 0.25) is 0 Å². The van der Waals surface area contributed by atoms with Gasteiger partial charge in [-0.05, 0) is 12.8 Å². The number of hydrogen-bond acceptors (Lipinski definition) is 5. The molecule has 15 heavy (non-hydrogen) atoms. The Balaban J connectivity index is 2.19. The zero-order chi connectivity index (χ0) is 10.9. The fourth-order valence-electron chi connectivity index (χ4n) is 2.02. The van der Waals surface area contributed by atoms with E-state index in [0.29, 0.717) is 12.8 Å². The minimum Gasteiger partial charge on any atom is -0.418 e. The van der Waals surface area contributed by atoms with Crippen molar-refractivity contribution in [1.82, 2.24) is 0 Å². The number of rotatable bonds is 0. The van der Waals surface area contributed by atoms with Crippen molar-refractivity contribution in [3.05, 3.63) is 0 Å². The van der Waals surface area contributed by atoms with Crippen molar-refractivity contribution in [2.24, 2.45) is 4.99 Å². The van der Waals surface area contributed by atoms with Crippen LogP contribution in [0.5, 0.6) is 0 Å². The first-order valence-electron chi connectivity index (χ1n) is 5.10. The molecule has 0 bridgehead atoms. The van der Waals surface area contributed by atoms with E-state index in [1.807, 2.05) is 0 Å². The van der Waals surface area contributed by atoms with Crippen LogP contribution in [0.1, 0.15) is 32.1 Å². The number of hydrogen-bond donors (Lipinski definition) is 0. The Morgan fingerprint density at radius 1 is 1.07 bits per heavy atom. The molecule has 0 aromatic heterocycles. The number of esters is 2. The Morgan fingerprint density at radius 2 is 1.60 bits per heavy atom. The number of nitrogens with zero attached hydrogens (tertiary/aromatic N) is 1. The first-order chi connectivity index (χ1) is 7.17. The van der Waals surface area contributed by atoms with Crippen LogP contribution in [0.15, 0.2) is 4.99 Å². The average Bonchev–Trinajstić information content (AvgIpc) is 2.18. The molecule has 1 aliphatic heterocycles. The standard InChI is InChI=1S/C10H13NO4/c1-11-7-8(12)14-10(15-9(7)13)5-3-2-4-6-10/h2-6H2,1H3. The van der Waals surface area contributed by atoms with Gasteiger partial charge in [0.2, 0.25) is 5.71 Å².